The Hall–Kier alpha value is -3.52. The van der Waals surface area contributed by atoms with Crippen LogP contribution in [-0.4, -0.2) is 0 Å². The molecular weight excluding hydrogens is 330 g/mol. The number of anilines is 1. The first-order chi connectivity index (χ1) is 13.3. The van der Waals surface area contributed by atoms with E-state index >= 15 is 0 Å². The molecule has 2 heteroatoms. The number of ether oxygens (including phenoxy) is 1. The minimum atomic E-state index is -0.384. The van der Waals surface area contributed by atoms with Crippen molar-refractivity contribution in [1.82, 2.24) is 0 Å². The minimum absolute atomic E-state index is 0.384. The van der Waals surface area contributed by atoms with Crippen molar-refractivity contribution in [3.8, 4) is 22.6 Å². The van der Waals surface area contributed by atoms with Crippen LogP contribution in [0, 0.1) is 0 Å². The lowest BCUT2D eigenvalue weighted by atomic mass is 9.66. The molecule has 0 radical (unpaired) electrons. The van der Waals surface area contributed by atoms with Gasteiger partial charge in [-0.1, -0.05) is 66.7 Å². The summed E-state index contributed by atoms with van der Waals surface area (Å²) < 4.78 is 6.29. The van der Waals surface area contributed by atoms with Gasteiger partial charge >= 0.3 is 0 Å². The SMILES string of the molecule is Nc1ccc2c(c1)-c1ccccc1C21c2ccccc2Oc2ccccc21. The molecule has 0 aromatic heterocycles. The molecule has 4 aromatic rings. The number of hydrogen-bond donors (Lipinski definition) is 1. The molecule has 2 N–H and O–H groups in total. The van der Waals surface area contributed by atoms with Crippen LogP contribution in [0.4, 0.5) is 5.69 Å². The molecule has 0 atom stereocenters. The second-order valence-corrected chi connectivity index (χ2v) is 7.19. The Morgan fingerprint density at radius 1 is 0.556 bits per heavy atom. The van der Waals surface area contributed by atoms with E-state index in [1.165, 1.54) is 33.4 Å². The zero-order chi connectivity index (χ0) is 18.0. The third-order valence-electron chi connectivity index (χ3n) is 5.87. The van der Waals surface area contributed by atoms with Gasteiger partial charge in [-0.15, -0.1) is 0 Å². The largest absolute Gasteiger partial charge is 0.457 e. The van der Waals surface area contributed by atoms with Gasteiger partial charge in [-0.05, 0) is 46.5 Å². The van der Waals surface area contributed by atoms with E-state index in [-0.39, 0.29) is 5.41 Å². The van der Waals surface area contributed by atoms with Crippen LogP contribution >= 0.6 is 0 Å². The van der Waals surface area contributed by atoms with Crippen molar-refractivity contribution >= 4 is 5.69 Å². The Balaban J connectivity index is 1.86. The molecule has 0 saturated carbocycles. The van der Waals surface area contributed by atoms with E-state index in [0.29, 0.717) is 0 Å². The highest BCUT2D eigenvalue weighted by Crippen LogP contribution is 2.61. The molecule has 2 aliphatic rings. The molecule has 128 valence electrons. The van der Waals surface area contributed by atoms with E-state index in [0.717, 1.165) is 17.2 Å². The van der Waals surface area contributed by atoms with Crippen molar-refractivity contribution in [3.05, 3.63) is 113 Å². The van der Waals surface area contributed by atoms with Crippen LogP contribution in [0.15, 0.2) is 91.0 Å². The van der Waals surface area contributed by atoms with E-state index in [1.807, 2.05) is 18.2 Å². The van der Waals surface area contributed by atoms with Gasteiger partial charge in [0.15, 0.2) is 0 Å². The molecule has 0 amide bonds. The molecule has 1 aliphatic carbocycles. The molecule has 0 unspecified atom stereocenters. The van der Waals surface area contributed by atoms with Crippen molar-refractivity contribution in [1.29, 1.82) is 0 Å². The monoisotopic (exact) mass is 347 g/mol. The predicted octanol–water partition coefficient (Wildman–Crippen LogP) is 5.74. The Labute approximate surface area is 157 Å². The lowest BCUT2D eigenvalue weighted by Gasteiger charge is -2.39. The molecule has 6 rings (SSSR count). The maximum absolute atomic E-state index is 6.29. The summed E-state index contributed by atoms with van der Waals surface area (Å²) >= 11 is 0. The highest BCUT2D eigenvalue weighted by Gasteiger charge is 2.50. The van der Waals surface area contributed by atoms with Crippen molar-refractivity contribution in [2.45, 2.75) is 5.41 Å². The third-order valence-corrected chi connectivity index (χ3v) is 5.87. The summed E-state index contributed by atoms with van der Waals surface area (Å²) in [6.45, 7) is 0. The first-order valence-electron chi connectivity index (χ1n) is 9.17. The molecule has 1 aliphatic heterocycles. The van der Waals surface area contributed by atoms with E-state index in [1.54, 1.807) is 0 Å². The van der Waals surface area contributed by atoms with Crippen molar-refractivity contribution in [2.24, 2.45) is 0 Å². The van der Waals surface area contributed by atoms with Gasteiger partial charge in [0.1, 0.15) is 11.5 Å². The molecule has 0 saturated heterocycles. The number of nitrogens with two attached hydrogens (primary N) is 1. The Morgan fingerprint density at radius 2 is 1.11 bits per heavy atom. The molecule has 1 heterocycles. The molecule has 4 aromatic carbocycles. The number of para-hydroxylation sites is 2. The average Bonchev–Trinajstić information content (AvgIpc) is 2.99. The fourth-order valence-electron chi connectivity index (χ4n) is 4.88. The van der Waals surface area contributed by atoms with Crippen LogP contribution in [0.5, 0.6) is 11.5 Å². The number of fused-ring (bicyclic) bond motifs is 9. The fraction of sp³-hybridized carbons (Fsp3) is 0.0400. The van der Waals surface area contributed by atoms with Crippen LogP contribution < -0.4 is 10.5 Å². The Kier molecular flexibility index (Phi) is 2.72. The summed E-state index contributed by atoms with van der Waals surface area (Å²) in [6, 6.07) is 31.7. The zero-order valence-electron chi connectivity index (χ0n) is 14.6. The van der Waals surface area contributed by atoms with Gasteiger partial charge in [-0.3, -0.25) is 0 Å². The second-order valence-electron chi connectivity index (χ2n) is 7.19. The average molecular weight is 347 g/mol. The number of hydrogen-bond acceptors (Lipinski definition) is 2. The van der Waals surface area contributed by atoms with Gasteiger partial charge in [0.25, 0.3) is 0 Å². The maximum Gasteiger partial charge on any atom is 0.132 e. The summed E-state index contributed by atoms with van der Waals surface area (Å²) in [5.74, 6) is 1.83. The van der Waals surface area contributed by atoms with Crippen LogP contribution in [0.25, 0.3) is 11.1 Å². The predicted molar refractivity (Wildman–Crippen MR) is 108 cm³/mol. The van der Waals surface area contributed by atoms with E-state index in [9.17, 15) is 0 Å². The molecule has 1 spiro atoms. The lowest BCUT2D eigenvalue weighted by Crippen LogP contribution is -2.32. The van der Waals surface area contributed by atoms with Crippen LogP contribution in [-0.2, 0) is 5.41 Å². The summed E-state index contributed by atoms with van der Waals surface area (Å²) in [7, 11) is 0. The Morgan fingerprint density at radius 3 is 1.81 bits per heavy atom. The number of nitrogen functional groups attached to an aromatic ring is 1. The van der Waals surface area contributed by atoms with Gasteiger partial charge in [-0.25, -0.2) is 0 Å². The van der Waals surface area contributed by atoms with Gasteiger partial charge in [0.05, 0.1) is 5.41 Å². The summed E-state index contributed by atoms with van der Waals surface area (Å²) in [6.07, 6.45) is 0. The van der Waals surface area contributed by atoms with Gasteiger partial charge in [0.2, 0.25) is 0 Å². The molecule has 27 heavy (non-hydrogen) atoms. The molecule has 0 fully saturated rings. The van der Waals surface area contributed by atoms with Crippen molar-refractivity contribution in [2.75, 3.05) is 5.73 Å². The maximum atomic E-state index is 6.29. The highest BCUT2D eigenvalue weighted by atomic mass is 16.5. The van der Waals surface area contributed by atoms with Gasteiger partial charge < -0.3 is 10.5 Å². The smallest absolute Gasteiger partial charge is 0.132 e. The third kappa shape index (κ3) is 1.70. The number of rotatable bonds is 0. The summed E-state index contributed by atoms with van der Waals surface area (Å²) in [5.41, 5.74) is 13.9. The van der Waals surface area contributed by atoms with Crippen LogP contribution in [0.3, 0.4) is 0 Å². The standard InChI is InChI=1S/C25H17NO/c26-16-13-14-20-18(15-16)17-7-1-2-8-19(17)25(20)21-9-3-5-11-23(21)27-24-12-6-4-10-22(24)25/h1-15H,26H2. The molecule has 2 nitrogen and oxygen atoms in total. The second kappa shape index (κ2) is 5.01. The molecule has 0 bridgehead atoms. The van der Waals surface area contributed by atoms with Crippen molar-refractivity contribution < 1.29 is 4.74 Å². The van der Waals surface area contributed by atoms with E-state index < -0.39 is 0 Å². The van der Waals surface area contributed by atoms with Crippen LogP contribution in [0.1, 0.15) is 22.3 Å². The Bertz CT molecular complexity index is 1180. The van der Waals surface area contributed by atoms with E-state index in [2.05, 4.69) is 72.8 Å². The number of benzene rings is 4. The van der Waals surface area contributed by atoms with Gasteiger partial charge in [0, 0.05) is 16.8 Å². The van der Waals surface area contributed by atoms with Crippen molar-refractivity contribution in [3.63, 3.8) is 0 Å². The summed E-state index contributed by atoms with van der Waals surface area (Å²) in [5, 5.41) is 0. The van der Waals surface area contributed by atoms with E-state index in [4.69, 9.17) is 10.5 Å². The normalized spacial score (nSPS) is 14.7. The minimum Gasteiger partial charge on any atom is -0.457 e. The fourth-order valence-corrected chi connectivity index (χ4v) is 4.88. The topological polar surface area (TPSA) is 35.2 Å². The first kappa shape index (κ1) is 14.6. The van der Waals surface area contributed by atoms with Crippen LogP contribution in [0.2, 0.25) is 0 Å². The lowest BCUT2D eigenvalue weighted by molar-refractivity contribution is 0.436. The zero-order valence-corrected chi connectivity index (χ0v) is 14.6. The van der Waals surface area contributed by atoms with Gasteiger partial charge in [-0.2, -0.15) is 0 Å². The summed E-state index contributed by atoms with van der Waals surface area (Å²) in [4.78, 5) is 0. The first-order valence-corrected chi connectivity index (χ1v) is 9.17. The molecular formula is C25H17NO. The quantitative estimate of drug-likeness (QED) is 0.356. The highest BCUT2D eigenvalue weighted by molar-refractivity contribution is 5.89.